The van der Waals surface area contributed by atoms with Gasteiger partial charge in [0.2, 0.25) is 0 Å². The molecule has 0 unspecified atom stereocenters. The summed E-state index contributed by atoms with van der Waals surface area (Å²) in [7, 11) is 0. The van der Waals surface area contributed by atoms with Crippen LogP contribution < -0.4 is 0 Å². The highest BCUT2D eigenvalue weighted by Crippen LogP contribution is 2.43. The molecule has 0 saturated heterocycles. The van der Waals surface area contributed by atoms with E-state index in [9.17, 15) is 0 Å². The van der Waals surface area contributed by atoms with E-state index in [1.165, 1.54) is 33.3 Å². The van der Waals surface area contributed by atoms with Crippen molar-refractivity contribution in [2.24, 2.45) is 0 Å². The minimum atomic E-state index is 1.01. The Kier molecular flexibility index (Phi) is 2.74. The van der Waals surface area contributed by atoms with Crippen LogP contribution in [-0.4, -0.2) is 9.38 Å². The van der Waals surface area contributed by atoms with Gasteiger partial charge in [-0.1, -0.05) is 66.7 Å². The Balaban J connectivity index is 2.02. The molecule has 2 heteroatoms. The quantitative estimate of drug-likeness (QED) is 0.417. The molecule has 0 spiro atoms. The van der Waals surface area contributed by atoms with Crippen LogP contribution in [0.5, 0.6) is 0 Å². The molecule has 0 radical (unpaired) electrons. The fourth-order valence-electron chi connectivity index (χ4n) is 3.72. The van der Waals surface area contributed by atoms with Gasteiger partial charge >= 0.3 is 0 Å². The van der Waals surface area contributed by atoms with Gasteiger partial charge in [0.25, 0.3) is 0 Å². The SMILES string of the molecule is Cc1nc2cccc3c(-c4ccccc4)c(-c4ccccc4)c1n23. The van der Waals surface area contributed by atoms with Crippen molar-refractivity contribution in [3.63, 3.8) is 0 Å². The number of pyridine rings is 1. The molecule has 0 fully saturated rings. The molecular weight excluding hydrogens is 292 g/mol. The summed E-state index contributed by atoms with van der Waals surface area (Å²) in [5.41, 5.74) is 9.55. The van der Waals surface area contributed by atoms with Crippen LogP contribution in [-0.2, 0) is 0 Å². The number of rotatable bonds is 2. The Labute approximate surface area is 140 Å². The van der Waals surface area contributed by atoms with Crippen LogP contribution >= 0.6 is 0 Å². The number of aryl methyl sites for hydroxylation is 1. The van der Waals surface area contributed by atoms with Gasteiger partial charge in [0, 0.05) is 11.1 Å². The van der Waals surface area contributed by atoms with Crippen molar-refractivity contribution < 1.29 is 0 Å². The molecule has 3 aromatic heterocycles. The Bertz CT molecular complexity index is 1140. The molecule has 2 aromatic carbocycles. The summed E-state index contributed by atoms with van der Waals surface area (Å²) >= 11 is 0. The van der Waals surface area contributed by atoms with E-state index in [1.54, 1.807) is 0 Å². The summed E-state index contributed by atoms with van der Waals surface area (Å²) in [6, 6.07) is 27.6. The monoisotopic (exact) mass is 308 g/mol. The van der Waals surface area contributed by atoms with Gasteiger partial charge in [-0.15, -0.1) is 0 Å². The molecule has 0 aliphatic rings. The number of nitrogens with zero attached hydrogens (tertiary/aromatic N) is 2. The van der Waals surface area contributed by atoms with Crippen LogP contribution in [0.2, 0.25) is 0 Å². The largest absolute Gasteiger partial charge is 0.292 e. The van der Waals surface area contributed by atoms with Gasteiger partial charge in [-0.3, -0.25) is 4.40 Å². The van der Waals surface area contributed by atoms with Crippen molar-refractivity contribution in [2.75, 3.05) is 0 Å². The smallest absolute Gasteiger partial charge is 0.138 e. The van der Waals surface area contributed by atoms with E-state index < -0.39 is 0 Å². The van der Waals surface area contributed by atoms with Crippen molar-refractivity contribution >= 4 is 16.7 Å². The maximum absolute atomic E-state index is 4.76. The number of hydrogen-bond acceptors (Lipinski definition) is 1. The van der Waals surface area contributed by atoms with Crippen LogP contribution in [0.4, 0.5) is 0 Å². The van der Waals surface area contributed by atoms with E-state index >= 15 is 0 Å². The summed E-state index contributed by atoms with van der Waals surface area (Å²) in [5.74, 6) is 0. The minimum Gasteiger partial charge on any atom is -0.292 e. The summed E-state index contributed by atoms with van der Waals surface area (Å²) in [6.07, 6.45) is 0. The molecule has 5 rings (SSSR count). The van der Waals surface area contributed by atoms with Crippen LogP contribution in [0.25, 0.3) is 38.9 Å². The predicted molar refractivity (Wildman–Crippen MR) is 99.5 cm³/mol. The summed E-state index contributed by atoms with van der Waals surface area (Å²) in [6.45, 7) is 2.10. The van der Waals surface area contributed by atoms with Crippen molar-refractivity contribution in [1.82, 2.24) is 9.38 Å². The molecule has 3 heterocycles. The molecule has 0 N–H and O–H groups in total. The van der Waals surface area contributed by atoms with Crippen molar-refractivity contribution in [3.05, 3.63) is 84.6 Å². The Morgan fingerprint density at radius 1 is 0.667 bits per heavy atom. The zero-order chi connectivity index (χ0) is 16.1. The molecule has 0 amide bonds. The lowest BCUT2D eigenvalue weighted by Gasteiger charge is -2.07. The minimum absolute atomic E-state index is 1.01. The molecule has 5 aromatic rings. The molecular formula is C22H16N2. The van der Waals surface area contributed by atoms with E-state index in [2.05, 4.69) is 90.2 Å². The Hall–Kier alpha value is -3.13. The Morgan fingerprint density at radius 2 is 1.29 bits per heavy atom. The molecule has 0 bridgehead atoms. The normalized spacial score (nSPS) is 11.5. The third kappa shape index (κ3) is 1.74. The first-order valence-electron chi connectivity index (χ1n) is 8.18. The first-order chi connectivity index (χ1) is 11.8. The second-order valence-electron chi connectivity index (χ2n) is 6.13. The lowest BCUT2D eigenvalue weighted by atomic mass is 9.96. The van der Waals surface area contributed by atoms with E-state index in [0.29, 0.717) is 0 Å². The molecule has 114 valence electrons. The first-order valence-corrected chi connectivity index (χ1v) is 8.18. The average Bonchev–Trinajstić information content (AvgIpc) is 3.16. The van der Waals surface area contributed by atoms with Gasteiger partial charge in [-0.25, -0.2) is 4.98 Å². The highest BCUT2D eigenvalue weighted by molar-refractivity contribution is 6.06. The lowest BCUT2D eigenvalue weighted by Crippen LogP contribution is -1.84. The van der Waals surface area contributed by atoms with Gasteiger partial charge in [0.1, 0.15) is 5.65 Å². The van der Waals surface area contributed by atoms with Crippen LogP contribution in [0.1, 0.15) is 5.69 Å². The van der Waals surface area contributed by atoms with Gasteiger partial charge in [-0.05, 0) is 30.2 Å². The lowest BCUT2D eigenvalue weighted by molar-refractivity contribution is 1.28. The maximum Gasteiger partial charge on any atom is 0.138 e. The van der Waals surface area contributed by atoms with Crippen molar-refractivity contribution in [2.45, 2.75) is 6.92 Å². The maximum atomic E-state index is 4.76. The van der Waals surface area contributed by atoms with Gasteiger partial charge < -0.3 is 0 Å². The molecule has 0 saturated carbocycles. The van der Waals surface area contributed by atoms with Crippen LogP contribution in [0.3, 0.4) is 0 Å². The van der Waals surface area contributed by atoms with E-state index in [1.807, 2.05) is 0 Å². The summed E-state index contributed by atoms with van der Waals surface area (Å²) < 4.78 is 2.29. The standard InChI is InChI=1S/C22H16N2/c1-15-22-21(17-11-6-3-7-12-17)20(16-9-4-2-5-10-16)18-13-8-14-19(23-15)24(18)22/h2-14H,1H3. The fraction of sp³-hybridized carbons (Fsp3) is 0.0455. The molecule has 24 heavy (non-hydrogen) atoms. The third-order valence-electron chi connectivity index (χ3n) is 4.69. The second-order valence-corrected chi connectivity index (χ2v) is 6.13. The fourth-order valence-corrected chi connectivity index (χ4v) is 3.72. The number of hydrogen-bond donors (Lipinski definition) is 0. The second kappa shape index (κ2) is 4.93. The van der Waals surface area contributed by atoms with Gasteiger partial charge in [-0.2, -0.15) is 0 Å². The molecule has 2 nitrogen and oxygen atoms in total. The highest BCUT2D eigenvalue weighted by Gasteiger charge is 2.22. The van der Waals surface area contributed by atoms with Crippen molar-refractivity contribution in [1.29, 1.82) is 0 Å². The van der Waals surface area contributed by atoms with Crippen molar-refractivity contribution in [3.8, 4) is 22.3 Å². The van der Waals surface area contributed by atoms with Crippen LogP contribution in [0.15, 0.2) is 78.9 Å². The third-order valence-corrected chi connectivity index (χ3v) is 4.69. The number of benzene rings is 2. The predicted octanol–water partition coefficient (Wildman–Crippen LogP) is 5.57. The molecule has 0 aliphatic heterocycles. The molecule has 0 aliphatic carbocycles. The highest BCUT2D eigenvalue weighted by atomic mass is 15.0. The van der Waals surface area contributed by atoms with E-state index in [-0.39, 0.29) is 0 Å². The van der Waals surface area contributed by atoms with E-state index in [0.717, 1.165) is 11.3 Å². The number of imidazole rings is 1. The van der Waals surface area contributed by atoms with Gasteiger partial charge in [0.15, 0.2) is 0 Å². The average molecular weight is 308 g/mol. The van der Waals surface area contributed by atoms with E-state index in [4.69, 9.17) is 4.98 Å². The topological polar surface area (TPSA) is 17.3 Å². The van der Waals surface area contributed by atoms with Crippen LogP contribution in [0, 0.1) is 6.92 Å². The first kappa shape index (κ1) is 13.3. The zero-order valence-corrected chi connectivity index (χ0v) is 13.4. The number of aromatic nitrogens is 2. The summed E-state index contributed by atoms with van der Waals surface area (Å²) in [4.78, 5) is 4.76. The molecule has 0 atom stereocenters. The Morgan fingerprint density at radius 3 is 1.96 bits per heavy atom. The zero-order valence-electron chi connectivity index (χ0n) is 13.4. The summed E-state index contributed by atoms with van der Waals surface area (Å²) in [5, 5.41) is 0. The van der Waals surface area contributed by atoms with Gasteiger partial charge in [0.05, 0.1) is 16.7 Å².